The molecule has 1 aliphatic rings. The number of aliphatic hydroxyl groups excluding tert-OH is 1. The molecule has 0 aromatic carbocycles. The molecule has 1 aliphatic carbocycles. The molecule has 2 atom stereocenters. The summed E-state index contributed by atoms with van der Waals surface area (Å²) >= 11 is 0. The molecule has 0 radical (unpaired) electrons. The average molecular weight is 249 g/mol. The quantitative estimate of drug-likeness (QED) is 0.793. The van der Waals surface area contributed by atoms with Gasteiger partial charge in [-0.05, 0) is 24.7 Å². The number of fused-ring (bicyclic) bond motifs is 1. The minimum atomic E-state index is -0.267. The molecule has 18 heavy (non-hydrogen) atoms. The second-order valence-electron chi connectivity index (χ2n) is 4.81. The lowest BCUT2D eigenvalue weighted by molar-refractivity contribution is 0.182. The van der Waals surface area contributed by atoms with Crippen molar-refractivity contribution in [3.05, 3.63) is 16.7 Å². The maximum absolute atomic E-state index is 11.5. The second kappa shape index (κ2) is 4.49. The lowest BCUT2D eigenvalue weighted by Gasteiger charge is -2.16. The maximum atomic E-state index is 11.5. The van der Waals surface area contributed by atoms with Crippen molar-refractivity contribution in [2.24, 2.45) is 11.8 Å². The number of aliphatic hydroxyl groups is 1. The number of aromatic nitrogens is 5. The second-order valence-corrected chi connectivity index (χ2v) is 4.81. The number of hydrogen-bond acceptors (Lipinski definition) is 5. The highest BCUT2D eigenvalue weighted by Gasteiger charge is 2.27. The van der Waals surface area contributed by atoms with Crippen molar-refractivity contribution in [2.75, 3.05) is 6.61 Å². The molecule has 3 rings (SSSR count). The molecule has 7 nitrogen and oxygen atoms in total. The summed E-state index contributed by atoms with van der Waals surface area (Å²) in [5.74, 6) is 0.715. The van der Waals surface area contributed by atoms with Crippen LogP contribution in [0.15, 0.2) is 11.1 Å². The molecule has 2 aromatic rings. The van der Waals surface area contributed by atoms with Gasteiger partial charge in [-0.2, -0.15) is 0 Å². The number of hydrogen-bond donors (Lipinski definition) is 2. The van der Waals surface area contributed by atoms with Gasteiger partial charge in [-0.1, -0.05) is 11.6 Å². The Morgan fingerprint density at radius 2 is 2.28 bits per heavy atom. The van der Waals surface area contributed by atoms with E-state index in [-0.39, 0.29) is 17.7 Å². The van der Waals surface area contributed by atoms with E-state index < -0.39 is 0 Å². The lowest BCUT2D eigenvalue weighted by Crippen LogP contribution is -2.19. The molecular weight excluding hydrogens is 234 g/mol. The minimum Gasteiger partial charge on any atom is -0.396 e. The molecule has 2 N–H and O–H groups in total. The van der Waals surface area contributed by atoms with Crippen LogP contribution in [0.5, 0.6) is 0 Å². The van der Waals surface area contributed by atoms with Crippen LogP contribution in [0.25, 0.3) is 11.2 Å². The van der Waals surface area contributed by atoms with Gasteiger partial charge in [0.05, 0.1) is 6.33 Å². The van der Waals surface area contributed by atoms with Crippen molar-refractivity contribution in [1.29, 1.82) is 0 Å². The van der Waals surface area contributed by atoms with E-state index in [0.717, 1.165) is 19.3 Å². The number of H-pyrrole nitrogens is 1. The SMILES string of the molecule is O=c1[nH]cnc2c1nnn2C[C@@H]1CCC[C@@H]1CO. The normalized spacial score (nSPS) is 23.8. The average Bonchev–Trinajstić information content (AvgIpc) is 2.98. The molecule has 0 aliphatic heterocycles. The topological polar surface area (TPSA) is 96.7 Å². The van der Waals surface area contributed by atoms with Gasteiger partial charge < -0.3 is 10.1 Å². The van der Waals surface area contributed by atoms with Crippen molar-refractivity contribution in [2.45, 2.75) is 25.8 Å². The molecular formula is C11H15N5O2. The van der Waals surface area contributed by atoms with Crippen LogP contribution in [-0.2, 0) is 6.54 Å². The fourth-order valence-corrected chi connectivity index (χ4v) is 2.74. The van der Waals surface area contributed by atoms with Crippen LogP contribution < -0.4 is 5.56 Å². The highest BCUT2D eigenvalue weighted by Crippen LogP contribution is 2.32. The van der Waals surface area contributed by atoms with Crippen molar-refractivity contribution in [3.63, 3.8) is 0 Å². The van der Waals surface area contributed by atoms with Crippen molar-refractivity contribution >= 4 is 11.2 Å². The summed E-state index contributed by atoms with van der Waals surface area (Å²) in [6.45, 7) is 0.878. The van der Waals surface area contributed by atoms with E-state index in [4.69, 9.17) is 0 Å². The number of aromatic amines is 1. The van der Waals surface area contributed by atoms with Gasteiger partial charge >= 0.3 is 0 Å². The summed E-state index contributed by atoms with van der Waals surface area (Å²) < 4.78 is 1.67. The number of nitrogens with one attached hydrogen (secondary N) is 1. The van der Waals surface area contributed by atoms with Gasteiger partial charge in [0.15, 0.2) is 11.2 Å². The molecule has 0 bridgehead atoms. The summed E-state index contributed by atoms with van der Waals surface area (Å²) in [5, 5.41) is 17.2. The monoisotopic (exact) mass is 249 g/mol. The van der Waals surface area contributed by atoms with Crippen LogP contribution in [0.1, 0.15) is 19.3 Å². The van der Waals surface area contributed by atoms with Crippen LogP contribution in [0.2, 0.25) is 0 Å². The van der Waals surface area contributed by atoms with E-state index in [1.165, 1.54) is 6.33 Å². The van der Waals surface area contributed by atoms with Gasteiger partial charge in [0, 0.05) is 13.2 Å². The van der Waals surface area contributed by atoms with Crippen molar-refractivity contribution in [3.8, 4) is 0 Å². The van der Waals surface area contributed by atoms with E-state index in [1.807, 2.05) is 0 Å². The van der Waals surface area contributed by atoms with Crippen LogP contribution in [0.4, 0.5) is 0 Å². The molecule has 7 heteroatoms. The first-order chi connectivity index (χ1) is 8.79. The van der Waals surface area contributed by atoms with E-state index in [2.05, 4.69) is 20.3 Å². The molecule has 1 saturated carbocycles. The fraction of sp³-hybridized carbons (Fsp3) is 0.636. The Hall–Kier alpha value is -1.76. The molecule has 0 unspecified atom stereocenters. The Labute approximate surface area is 103 Å². The highest BCUT2D eigenvalue weighted by atomic mass is 16.3. The molecule has 0 spiro atoms. The summed E-state index contributed by atoms with van der Waals surface area (Å²) in [5.41, 5.74) is 0.523. The van der Waals surface area contributed by atoms with Gasteiger partial charge in [0.1, 0.15) is 0 Å². The Balaban J connectivity index is 1.91. The van der Waals surface area contributed by atoms with E-state index in [0.29, 0.717) is 24.0 Å². The predicted octanol–water partition coefficient (Wildman–Crippen LogP) is -0.0768. The van der Waals surface area contributed by atoms with Gasteiger partial charge in [-0.15, -0.1) is 5.10 Å². The summed E-state index contributed by atoms with van der Waals surface area (Å²) in [6.07, 6.45) is 4.64. The van der Waals surface area contributed by atoms with E-state index in [9.17, 15) is 9.90 Å². The first-order valence-electron chi connectivity index (χ1n) is 6.17. The largest absolute Gasteiger partial charge is 0.396 e. The number of nitrogens with zero attached hydrogens (tertiary/aromatic N) is 4. The summed E-state index contributed by atoms with van der Waals surface area (Å²) in [6, 6.07) is 0. The Morgan fingerprint density at radius 3 is 3.11 bits per heavy atom. The van der Waals surface area contributed by atoms with Crippen molar-refractivity contribution < 1.29 is 5.11 Å². The minimum absolute atomic E-state index is 0.214. The van der Waals surface area contributed by atoms with Gasteiger partial charge in [0.2, 0.25) is 0 Å². The zero-order chi connectivity index (χ0) is 12.5. The molecule has 2 heterocycles. The molecule has 0 amide bonds. The first-order valence-corrected chi connectivity index (χ1v) is 6.17. The smallest absolute Gasteiger partial charge is 0.280 e. The molecule has 96 valence electrons. The van der Waals surface area contributed by atoms with Crippen LogP contribution in [0, 0.1) is 11.8 Å². The van der Waals surface area contributed by atoms with Crippen LogP contribution in [0.3, 0.4) is 0 Å². The lowest BCUT2D eigenvalue weighted by atomic mass is 9.97. The zero-order valence-corrected chi connectivity index (χ0v) is 9.91. The Bertz CT molecular complexity index is 605. The first kappa shape index (κ1) is 11.3. The third-order valence-electron chi connectivity index (χ3n) is 3.76. The third-order valence-corrected chi connectivity index (χ3v) is 3.76. The Morgan fingerprint density at radius 1 is 1.44 bits per heavy atom. The Kier molecular flexibility index (Phi) is 2.83. The van der Waals surface area contributed by atoms with E-state index >= 15 is 0 Å². The van der Waals surface area contributed by atoms with Gasteiger partial charge in [0.25, 0.3) is 5.56 Å². The maximum Gasteiger partial charge on any atom is 0.280 e. The van der Waals surface area contributed by atoms with E-state index in [1.54, 1.807) is 4.68 Å². The number of rotatable bonds is 3. The summed E-state index contributed by atoms with van der Waals surface area (Å²) in [4.78, 5) is 18.1. The highest BCUT2D eigenvalue weighted by molar-refractivity contribution is 5.67. The zero-order valence-electron chi connectivity index (χ0n) is 9.91. The van der Waals surface area contributed by atoms with Gasteiger partial charge in [-0.25, -0.2) is 9.67 Å². The fourth-order valence-electron chi connectivity index (χ4n) is 2.74. The third kappa shape index (κ3) is 1.80. The molecule has 1 fully saturated rings. The van der Waals surface area contributed by atoms with Crippen LogP contribution in [-0.4, -0.2) is 36.7 Å². The standard InChI is InChI=1S/C11H15N5O2/c17-5-8-3-1-2-7(8)4-16-10-9(14-15-16)11(18)13-6-12-10/h6-8,17H,1-5H2,(H,12,13,18)/t7-,8+/m0/s1. The molecule has 0 saturated heterocycles. The molecule has 2 aromatic heterocycles. The van der Waals surface area contributed by atoms with Crippen LogP contribution >= 0.6 is 0 Å². The summed E-state index contributed by atoms with van der Waals surface area (Å²) in [7, 11) is 0. The van der Waals surface area contributed by atoms with Crippen molar-refractivity contribution in [1.82, 2.24) is 25.0 Å². The van der Waals surface area contributed by atoms with Gasteiger partial charge in [-0.3, -0.25) is 4.79 Å². The predicted molar refractivity (Wildman–Crippen MR) is 63.9 cm³/mol.